The number of hydrogen-bond donors (Lipinski definition) is 2. The summed E-state index contributed by atoms with van der Waals surface area (Å²) in [5, 5.41) is 3.18. The molecule has 8 nitrogen and oxygen atoms in total. The van der Waals surface area contributed by atoms with Crippen molar-refractivity contribution < 1.29 is 19.1 Å². The molecule has 3 heterocycles. The lowest BCUT2D eigenvalue weighted by Crippen LogP contribution is -2.48. The van der Waals surface area contributed by atoms with Gasteiger partial charge in [-0.1, -0.05) is 24.3 Å². The molecule has 2 aromatic carbocycles. The first kappa shape index (κ1) is 22.8. The topological polar surface area (TPSA) is 86.9 Å². The summed E-state index contributed by atoms with van der Waals surface area (Å²) in [6.45, 7) is 2.16. The van der Waals surface area contributed by atoms with Gasteiger partial charge in [0.2, 0.25) is 5.91 Å². The van der Waals surface area contributed by atoms with Gasteiger partial charge in [-0.15, -0.1) is 0 Å². The Labute approximate surface area is 210 Å². The van der Waals surface area contributed by atoms with Crippen LogP contribution < -0.4 is 10.1 Å². The van der Waals surface area contributed by atoms with E-state index >= 15 is 0 Å². The molecule has 0 unspecified atom stereocenters. The van der Waals surface area contributed by atoms with Crippen LogP contribution in [0.2, 0.25) is 0 Å². The zero-order chi connectivity index (χ0) is 24.5. The van der Waals surface area contributed by atoms with E-state index in [-0.39, 0.29) is 24.0 Å². The molecule has 1 saturated heterocycles. The molecule has 2 amide bonds. The van der Waals surface area contributed by atoms with Crippen molar-refractivity contribution in [1.29, 1.82) is 0 Å². The first-order valence-electron chi connectivity index (χ1n) is 12.5. The first-order valence-corrected chi connectivity index (χ1v) is 12.5. The lowest BCUT2D eigenvalue weighted by molar-refractivity contribution is -0.124. The molecule has 1 aromatic heterocycles. The Morgan fingerprint density at radius 2 is 1.69 bits per heavy atom. The second-order valence-electron chi connectivity index (χ2n) is 9.85. The van der Waals surface area contributed by atoms with E-state index in [4.69, 9.17) is 9.47 Å². The minimum atomic E-state index is -0.313. The third kappa shape index (κ3) is 5.15. The van der Waals surface area contributed by atoms with Crippen LogP contribution >= 0.6 is 0 Å². The quantitative estimate of drug-likeness (QED) is 0.581. The fourth-order valence-corrected chi connectivity index (χ4v) is 5.05. The number of benzene rings is 2. The molecule has 2 aliphatic heterocycles. The van der Waals surface area contributed by atoms with Gasteiger partial charge in [0.05, 0.1) is 25.3 Å². The molecule has 1 aliphatic carbocycles. The van der Waals surface area contributed by atoms with Crippen molar-refractivity contribution in [3.63, 3.8) is 0 Å². The van der Waals surface area contributed by atoms with Crippen molar-refractivity contribution in [1.82, 2.24) is 20.1 Å². The third-order valence-electron chi connectivity index (χ3n) is 7.02. The van der Waals surface area contributed by atoms with Crippen molar-refractivity contribution in [2.45, 2.75) is 44.2 Å². The number of fused-ring (bicyclic) bond motifs is 5. The van der Waals surface area contributed by atoms with Gasteiger partial charge in [0.25, 0.3) is 5.91 Å². The maximum Gasteiger partial charge on any atom is 0.270 e. The van der Waals surface area contributed by atoms with Crippen molar-refractivity contribution in [2.24, 2.45) is 0 Å². The van der Waals surface area contributed by atoms with Crippen LogP contribution in [-0.2, 0) is 22.7 Å². The van der Waals surface area contributed by atoms with Crippen LogP contribution in [0.5, 0.6) is 11.5 Å². The Balaban J connectivity index is 1.27. The summed E-state index contributed by atoms with van der Waals surface area (Å²) in [6, 6.07) is 19.6. The van der Waals surface area contributed by atoms with E-state index in [2.05, 4.69) is 21.3 Å². The van der Waals surface area contributed by atoms with Crippen molar-refractivity contribution in [3.8, 4) is 11.5 Å². The molecule has 8 heteroatoms. The second-order valence-corrected chi connectivity index (χ2v) is 9.85. The molecule has 186 valence electrons. The Morgan fingerprint density at radius 3 is 2.44 bits per heavy atom. The molecule has 3 aromatic rings. The largest absolute Gasteiger partial charge is 0.457 e. The van der Waals surface area contributed by atoms with Crippen LogP contribution in [0.4, 0.5) is 0 Å². The standard InChI is InChI=1S/C28H30N4O4/c33-27-17-31(21-9-10-21)14-19-4-1-6-22(12-19)36-23-7-2-5-20(13-23)18-35-26-16-32(15-25(26)30-27)28(34)24-8-3-11-29-24/h1-8,11-13,21,25-26,29H,9-10,14-18H2,(H,30,33)/t25-,26-/m0/s1. The van der Waals surface area contributed by atoms with E-state index in [0.717, 1.165) is 35.5 Å². The van der Waals surface area contributed by atoms with Crippen LogP contribution in [0.25, 0.3) is 0 Å². The molecule has 1 saturated carbocycles. The van der Waals surface area contributed by atoms with Crippen LogP contribution in [0.1, 0.15) is 34.5 Å². The lowest BCUT2D eigenvalue weighted by atomic mass is 10.1. The Bertz CT molecular complexity index is 1240. The molecule has 36 heavy (non-hydrogen) atoms. The van der Waals surface area contributed by atoms with Crippen LogP contribution in [0.15, 0.2) is 66.9 Å². The van der Waals surface area contributed by atoms with E-state index in [0.29, 0.717) is 44.5 Å². The Hall–Kier alpha value is -3.62. The van der Waals surface area contributed by atoms with Gasteiger partial charge in [0.1, 0.15) is 17.2 Å². The number of aromatic nitrogens is 1. The van der Waals surface area contributed by atoms with Crippen molar-refractivity contribution >= 4 is 11.8 Å². The number of amides is 2. The van der Waals surface area contributed by atoms with E-state index in [1.54, 1.807) is 23.2 Å². The Kier molecular flexibility index (Phi) is 6.21. The molecule has 3 aliphatic rings. The number of rotatable bonds is 2. The molecule has 2 N–H and O–H groups in total. The predicted octanol–water partition coefficient (Wildman–Crippen LogP) is 3.31. The molecular weight excluding hydrogens is 456 g/mol. The molecule has 0 radical (unpaired) electrons. The average Bonchev–Trinajstić information content (AvgIpc) is 3.42. The number of H-pyrrole nitrogens is 1. The number of ether oxygens (including phenoxy) is 2. The molecule has 6 rings (SSSR count). The number of carbonyl (C=O) groups excluding carboxylic acids is 2. The summed E-state index contributed by atoms with van der Waals surface area (Å²) >= 11 is 0. The van der Waals surface area contributed by atoms with E-state index in [1.807, 2.05) is 42.5 Å². The number of aromatic amines is 1. The van der Waals surface area contributed by atoms with Gasteiger partial charge < -0.3 is 24.7 Å². The molecule has 2 atom stereocenters. The van der Waals surface area contributed by atoms with E-state index in [1.165, 1.54) is 0 Å². The van der Waals surface area contributed by atoms with Gasteiger partial charge in [0, 0.05) is 31.9 Å². The third-order valence-corrected chi connectivity index (χ3v) is 7.02. The zero-order valence-electron chi connectivity index (χ0n) is 20.1. The number of hydrogen-bond acceptors (Lipinski definition) is 5. The SMILES string of the molecule is O=C1CN(C2CC2)Cc2cccc(c2)Oc2cccc(c2)CO[C@H]2CN(C(=O)c3ccc[nH]3)C[C@@H]2N1. The lowest BCUT2D eigenvalue weighted by Gasteiger charge is -2.25. The van der Waals surface area contributed by atoms with Gasteiger partial charge in [-0.2, -0.15) is 0 Å². The summed E-state index contributed by atoms with van der Waals surface area (Å²) < 4.78 is 12.5. The number of carbonyl (C=O) groups is 2. The Morgan fingerprint density at radius 1 is 0.917 bits per heavy atom. The fourth-order valence-electron chi connectivity index (χ4n) is 5.05. The van der Waals surface area contributed by atoms with Crippen LogP contribution in [0.3, 0.4) is 0 Å². The highest BCUT2D eigenvalue weighted by Gasteiger charge is 2.38. The van der Waals surface area contributed by atoms with Gasteiger partial charge in [-0.25, -0.2) is 0 Å². The maximum absolute atomic E-state index is 13.2. The van der Waals surface area contributed by atoms with E-state index in [9.17, 15) is 9.59 Å². The average molecular weight is 487 g/mol. The highest BCUT2D eigenvalue weighted by atomic mass is 16.5. The van der Waals surface area contributed by atoms with Crippen LogP contribution in [0, 0.1) is 0 Å². The summed E-state index contributed by atoms with van der Waals surface area (Å²) in [6.07, 6.45) is 3.63. The summed E-state index contributed by atoms with van der Waals surface area (Å²) in [7, 11) is 0. The minimum Gasteiger partial charge on any atom is -0.457 e. The molecular formula is C28H30N4O4. The fraction of sp³-hybridized carbons (Fsp3) is 0.357. The highest BCUT2D eigenvalue weighted by Crippen LogP contribution is 2.30. The normalized spacial score (nSPS) is 23.0. The second kappa shape index (κ2) is 9.79. The number of likely N-dealkylation sites (tertiary alicyclic amines) is 1. The molecule has 0 spiro atoms. The summed E-state index contributed by atoms with van der Waals surface area (Å²) in [5.74, 6) is 1.38. The minimum absolute atomic E-state index is 0.0452. The first-order chi connectivity index (χ1) is 17.6. The van der Waals surface area contributed by atoms with Crippen molar-refractivity contribution in [2.75, 3.05) is 19.6 Å². The van der Waals surface area contributed by atoms with Gasteiger partial charge >= 0.3 is 0 Å². The summed E-state index contributed by atoms with van der Waals surface area (Å²) in [5.41, 5.74) is 2.61. The number of nitrogens with one attached hydrogen (secondary N) is 2. The maximum atomic E-state index is 13.2. The predicted molar refractivity (Wildman–Crippen MR) is 134 cm³/mol. The number of nitrogens with zero attached hydrogens (tertiary/aromatic N) is 2. The van der Waals surface area contributed by atoms with Gasteiger partial charge in [0.15, 0.2) is 0 Å². The highest BCUT2D eigenvalue weighted by molar-refractivity contribution is 5.92. The molecule has 2 fully saturated rings. The molecule has 4 bridgehead atoms. The zero-order valence-corrected chi connectivity index (χ0v) is 20.1. The smallest absolute Gasteiger partial charge is 0.270 e. The van der Waals surface area contributed by atoms with Crippen LogP contribution in [-0.4, -0.2) is 64.4 Å². The van der Waals surface area contributed by atoms with E-state index < -0.39 is 0 Å². The monoisotopic (exact) mass is 486 g/mol. The van der Waals surface area contributed by atoms with Crippen molar-refractivity contribution in [3.05, 3.63) is 83.7 Å². The van der Waals surface area contributed by atoms with Gasteiger partial charge in [-0.3, -0.25) is 14.5 Å². The van der Waals surface area contributed by atoms with Gasteiger partial charge in [-0.05, 0) is 60.4 Å². The summed E-state index contributed by atoms with van der Waals surface area (Å²) in [4.78, 5) is 33.2.